The molecule has 7 nitrogen and oxygen atoms in total. The van der Waals surface area contributed by atoms with Gasteiger partial charge in [0, 0.05) is 39.8 Å². The van der Waals surface area contributed by atoms with Gasteiger partial charge in [-0.15, -0.1) is 12.4 Å². The number of carbonyl (C=O) groups is 2. The highest BCUT2D eigenvalue weighted by Crippen LogP contribution is 2.33. The van der Waals surface area contributed by atoms with E-state index in [1.807, 2.05) is 4.90 Å². The van der Waals surface area contributed by atoms with Crippen LogP contribution < -0.4 is 5.32 Å². The molecule has 138 valence electrons. The van der Waals surface area contributed by atoms with Crippen LogP contribution in [0.25, 0.3) is 0 Å². The molecule has 1 aliphatic carbocycles. The number of carbonyl (C=O) groups excluding carboxylic acids is 2. The van der Waals surface area contributed by atoms with E-state index in [9.17, 15) is 9.59 Å². The number of hydrogen-bond acceptors (Lipinski definition) is 4. The van der Waals surface area contributed by atoms with Gasteiger partial charge >= 0.3 is 6.03 Å². The zero-order valence-electron chi connectivity index (χ0n) is 14.8. The standard InChI is InChI=1S/C17H25N5O2.ClH/c1-20(2)17(24)21-10-12-6-14(7-13(12)11-21)19-9-16(23)22-5-3-4-15(22)8-18;/h14-15,19H,3-7,9-11H2,1-2H3;1H/t15-;/m0./s1. The lowest BCUT2D eigenvalue weighted by Gasteiger charge is -2.25. The molecule has 1 atom stereocenters. The van der Waals surface area contributed by atoms with Crippen LogP contribution in [0.5, 0.6) is 0 Å². The lowest BCUT2D eigenvalue weighted by molar-refractivity contribution is -0.130. The third kappa shape index (κ3) is 4.07. The molecule has 25 heavy (non-hydrogen) atoms. The van der Waals surface area contributed by atoms with Crippen molar-refractivity contribution >= 4 is 24.3 Å². The first kappa shape index (κ1) is 19.5. The maximum absolute atomic E-state index is 12.3. The summed E-state index contributed by atoms with van der Waals surface area (Å²) in [5.74, 6) is 0.0236. The number of nitrogens with one attached hydrogen (secondary N) is 1. The summed E-state index contributed by atoms with van der Waals surface area (Å²) in [7, 11) is 3.54. The van der Waals surface area contributed by atoms with Gasteiger partial charge in [-0.3, -0.25) is 4.79 Å². The van der Waals surface area contributed by atoms with Crippen LogP contribution in [0.15, 0.2) is 11.1 Å². The number of urea groups is 1. The minimum atomic E-state index is -0.253. The van der Waals surface area contributed by atoms with Crippen LogP contribution in [0.3, 0.4) is 0 Å². The van der Waals surface area contributed by atoms with E-state index in [4.69, 9.17) is 5.26 Å². The van der Waals surface area contributed by atoms with Gasteiger partial charge < -0.3 is 20.0 Å². The fourth-order valence-corrected chi connectivity index (χ4v) is 3.92. The Morgan fingerprint density at radius 2 is 1.92 bits per heavy atom. The molecule has 0 aromatic carbocycles. The van der Waals surface area contributed by atoms with E-state index in [1.165, 1.54) is 11.1 Å². The van der Waals surface area contributed by atoms with Gasteiger partial charge in [-0.25, -0.2) is 4.79 Å². The van der Waals surface area contributed by atoms with Crippen LogP contribution >= 0.6 is 12.4 Å². The number of hydrogen-bond donors (Lipinski definition) is 1. The van der Waals surface area contributed by atoms with Crippen molar-refractivity contribution in [2.45, 2.75) is 37.8 Å². The summed E-state index contributed by atoms with van der Waals surface area (Å²) in [6, 6.07) is 2.29. The third-order valence-corrected chi connectivity index (χ3v) is 5.17. The van der Waals surface area contributed by atoms with E-state index in [0.29, 0.717) is 26.2 Å². The van der Waals surface area contributed by atoms with E-state index in [-0.39, 0.29) is 36.4 Å². The molecule has 0 aromatic rings. The van der Waals surface area contributed by atoms with Crippen LogP contribution in [0.4, 0.5) is 4.79 Å². The molecule has 8 heteroatoms. The Morgan fingerprint density at radius 3 is 2.48 bits per heavy atom. The van der Waals surface area contributed by atoms with Gasteiger partial charge in [-0.1, -0.05) is 0 Å². The quantitative estimate of drug-likeness (QED) is 0.754. The van der Waals surface area contributed by atoms with E-state index >= 15 is 0 Å². The maximum atomic E-state index is 12.3. The van der Waals surface area contributed by atoms with Gasteiger partial charge in [0.2, 0.25) is 5.91 Å². The zero-order valence-corrected chi connectivity index (χ0v) is 15.6. The van der Waals surface area contributed by atoms with Gasteiger partial charge in [0.15, 0.2) is 0 Å². The Labute approximate surface area is 155 Å². The van der Waals surface area contributed by atoms with Crippen molar-refractivity contribution in [3.8, 4) is 6.07 Å². The predicted molar refractivity (Wildman–Crippen MR) is 96.3 cm³/mol. The van der Waals surface area contributed by atoms with Crippen molar-refractivity contribution in [2.75, 3.05) is 40.3 Å². The highest BCUT2D eigenvalue weighted by atomic mass is 35.5. The minimum Gasteiger partial charge on any atom is -0.331 e. The minimum absolute atomic E-state index is 0. The second-order valence-electron chi connectivity index (χ2n) is 7.10. The monoisotopic (exact) mass is 367 g/mol. The van der Waals surface area contributed by atoms with Gasteiger partial charge in [0.1, 0.15) is 6.04 Å². The van der Waals surface area contributed by atoms with Crippen LogP contribution in [0, 0.1) is 11.3 Å². The van der Waals surface area contributed by atoms with Crippen molar-refractivity contribution in [3.63, 3.8) is 0 Å². The molecule has 3 rings (SSSR count). The number of nitriles is 1. The zero-order chi connectivity index (χ0) is 17.3. The molecule has 3 aliphatic rings. The van der Waals surface area contributed by atoms with Gasteiger partial charge in [-0.05, 0) is 36.8 Å². The number of likely N-dealkylation sites (tertiary alicyclic amines) is 2. The molecule has 3 amide bonds. The molecular weight excluding hydrogens is 342 g/mol. The molecule has 0 saturated carbocycles. The van der Waals surface area contributed by atoms with Gasteiger partial charge in [0.05, 0.1) is 12.6 Å². The average Bonchev–Trinajstić information content (AvgIpc) is 3.25. The number of halogens is 1. The summed E-state index contributed by atoms with van der Waals surface area (Å²) in [6.45, 7) is 2.41. The largest absolute Gasteiger partial charge is 0.331 e. The Balaban J connectivity index is 0.00000225. The highest BCUT2D eigenvalue weighted by molar-refractivity contribution is 5.85. The first-order chi connectivity index (χ1) is 11.5. The summed E-state index contributed by atoms with van der Waals surface area (Å²) in [5, 5.41) is 12.4. The Bertz CT molecular complexity index is 595. The molecule has 2 heterocycles. The fraction of sp³-hybridized carbons (Fsp3) is 0.706. The van der Waals surface area contributed by atoms with Crippen LogP contribution in [0.2, 0.25) is 0 Å². The Kier molecular flexibility index (Phi) is 6.31. The van der Waals surface area contributed by atoms with E-state index in [1.54, 1.807) is 23.9 Å². The molecule has 1 fully saturated rings. The molecule has 0 unspecified atom stereocenters. The predicted octanol–water partition coefficient (Wildman–Crippen LogP) is 0.969. The lowest BCUT2D eigenvalue weighted by Crippen LogP contribution is -2.43. The maximum Gasteiger partial charge on any atom is 0.320 e. The first-order valence-electron chi connectivity index (χ1n) is 8.58. The topological polar surface area (TPSA) is 79.7 Å². The van der Waals surface area contributed by atoms with E-state index in [0.717, 1.165) is 25.7 Å². The molecule has 0 spiro atoms. The Hall–Kier alpha value is -1.78. The van der Waals surface area contributed by atoms with Crippen molar-refractivity contribution in [1.82, 2.24) is 20.0 Å². The molecule has 0 aromatic heterocycles. The third-order valence-electron chi connectivity index (χ3n) is 5.17. The summed E-state index contributed by atoms with van der Waals surface area (Å²) in [4.78, 5) is 29.5. The van der Waals surface area contributed by atoms with Gasteiger partial charge in [-0.2, -0.15) is 5.26 Å². The first-order valence-corrected chi connectivity index (χ1v) is 8.58. The summed E-state index contributed by atoms with van der Waals surface area (Å²) in [6.07, 6.45) is 3.51. The molecular formula is C17H26ClN5O2. The smallest absolute Gasteiger partial charge is 0.320 e. The number of rotatable bonds is 3. The average molecular weight is 368 g/mol. The van der Waals surface area contributed by atoms with Crippen molar-refractivity contribution in [2.24, 2.45) is 0 Å². The molecule has 1 N–H and O–H groups in total. The molecule has 0 radical (unpaired) electrons. The van der Waals surface area contributed by atoms with Crippen LogP contribution in [-0.4, -0.2) is 79.0 Å². The second kappa shape index (κ2) is 8.07. The SMILES string of the molecule is CN(C)C(=O)N1CC2=C(CC(NCC(=O)N3CCC[C@H]3C#N)C2)C1.Cl. The lowest BCUT2D eigenvalue weighted by atomic mass is 10.1. The summed E-state index contributed by atoms with van der Waals surface area (Å²) in [5.41, 5.74) is 2.68. The van der Waals surface area contributed by atoms with Crippen LogP contribution in [0.1, 0.15) is 25.7 Å². The second-order valence-corrected chi connectivity index (χ2v) is 7.10. The van der Waals surface area contributed by atoms with E-state index in [2.05, 4.69) is 11.4 Å². The Morgan fingerprint density at radius 1 is 1.28 bits per heavy atom. The molecule has 1 saturated heterocycles. The highest BCUT2D eigenvalue weighted by Gasteiger charge is 2.34. The van der Waals surface area contributed by atoms with Gasteiger partial charge in [0.25, 0.3) is 0 Å². The van der Waals surface area contributed by atoms with E-state index < -0.39 is 0 Å². The van der Waals surface area contributed by atoms with Crippen molar-refractivity contribution < 1.29 is 9.59 Å². The fourth-order valence-electron chi connectivity index (χ4n) is 3.92. The summed E-state index contributed by atoms with van der Waals surface area (Å²) < 4.78 is 0. The van der Waals surface area contributed by atoms with Crippen molar-refractivity contribution in [3.05, 3.63) is 11.1 Å². The molecule has 2 aliphatic heterocycles. The number of nitrogens with zero attached hydrogens (tertiary/aromatic N) is 4. The molecule has 0 bridgehead atoms. The number of amides is 3. The summed E-state index contributed by atoms with van der Waals surface area (Å²) >= 11 is 0. The van der Waals surface area contributed by atoms with Crippen LogP contribution in [-0.2, 0) is 4.79 Å². The normalized spacial score (nSPS) is 22.7. The van der Waals surface area contributed by atoms with Crippen molar-refractivity contribution in [1.29, 1.82) is 5.26 Å².